The lowest BCUT2D eigenvalue weighted by atomic mass is 10.2. The minimum atomic E-state index is 0.362. The van der Waals surface area contributed by atoms with Gasteiger partial charge in [0.25, 0.3) is 0 Å². The van der Waals surface area contributed by atoms with Gasteiger partial charge in [-0.15, -0.1) is 0 Å². The molecule has 0 bridgehead atoms. The summed E-state index contributed by atoms with van der Waals surface area (Å²) in [5.41, 5.74) is 2.24. The molecular weight excluding hydrogens is 264 g/mol. The fraction of sp³-hybridized carbons (Fsp3) is 0.562. The third-order valence-electron chi connectivity index (χ3n) is 3.93. The van der Waals surface area contributed by atoms with Crippen molar-refractivity contribution in [2.75, 3.05) is 24.7 Å². The zero-order valence-electron chi connectivity index (χ0n) is 13.0. The van der Waals surface area contributed by atoms with Crippen molar-refractivity contribution in [2.24, 2.45) is 0 Å². The normalized spacial score (nSPS) is 19.6. The second kappa shape index (κ2) is 6.03. The topological polar surface area (TPSA) is 41.8 Å². The molecule has 2 aromatic rings. The Hall–Kier alpha value is -1.59. The van der Waals surface area contributed by atoms with Crippen molar-refractivity contribution < 1.29 is 4.74 Å². The first-order valence-corrected chi connectivity index (χ1v) is 7.70. The number of imidazole rings is 1. The molecule has 3 heterocycles. The summed E-state index contributed by atoms with van der Waals surface area (Å²) >= 11 is 0. The standard InChI is InChI=1S/C16H24N4O/c1-12(2)17-10-14-16(19-8-9-21-11-13(19)3)18-15-6-4-5-7-20(14)15/h4-7,12-13,17H,8-11H2,1-3H3. The van der Waals surface area contributed by atoms with E-state index in [1.165, 1.54) is 5.69 Å². The van der Waals surface area contributed by atoms with Gasteiger partial charge in [0.1, 0.15) is 5.65 Å². The van der Waals surface area contributed by atoms with Crippen LogP contribution in [-0.4, -0.2) is 41.2 Å². The Labute approximate surface area is 125 Å². The summed E-state index contributed by atoms with van der Waals surface area (Å²) in [6, 6.07) is 6.97. The van der Waals surface area contributed by atoms with Crippen molar-refractivity contribution in [2.45, 2.75) is 39.4 Å². The van der Waals surface area contributed by atoms with Crippen molar-refractivity contribution in [3.05, 3.63) is 30.1 Å². The maximum absolute atomic E-state index is 5.55. The summed E-state index contributed by atoms with van der Waals surface area (Å²) in [6.45, 7) is 9.80. The van der Waals surface area contributed by atoms with E-state index in [2.05, 4.69) is 53.7 Å². The van der Waals surface area contributed by atoms with E-state index in [9.17, 15) is 0 Å². The molecule has 5 heteroatoms. The van der Waals surface area contributed by atoms with Crippen molar-refractivity contribution >= 4 is 11.5 Å². The molecule has 0 spiro atoms. The Balaban J connectivity index is 2.01. The minimum absolute atomic E-state index is 0.362. The first-order valence-electron chi connectivity index (χ1n) is 7.70. The number of nitrogens with one attached hydrogen (secondary N) is 1. The van der Waals surface area contributed by atoms with Crippen LogP contribution in [0.2, 0.25) is 0 Å². The molecule has 5 nitrogen and oxygen atoms in total. The van der Waals surface area contributed by atoms with Crippen LogP contribution in [-0.2, 0) is 11.3 Å². The highest BCUT2D eigenvalue weighted by Gasteiger charge is 2.25. The Morgan fingerprint density at radius 2 is 2.29 bits per heavy atom. The van der Waals surface area contributed by atoms with E-state index in [4.69, 9.17) is 9.72 Å². The van der Waals surface area contributed by atoms with Gasteiger partial charge in [-0.2, -0.15) is 0 Å². The van der Waals surface area contributed by atoms with Crippen molar-refractivity contribution in [3.63, 3.8) is 0 Å². The van der Waals surface area contributed by atoms with Gasteiger partial charge in [0, 0.05) is 25.3 Å². The Bertz CT molecular complexity index is 607. The zero-order chi connectivity index (χ0) is 14.8. The highest BCUT2D eigenvalue weighted by atomic mass is 16.5. The number of rotatable bonds is 4. The van der Waals surface area contributed by atoms with Crippen LogP contribution in [0, 0.1) is 0 Å². The predicted molar refractivity (Wildman–Crippen MR) is 84.8 cm³/mol. The summed E-state index contributed by atoms with van der Waals surface area (Å²) in [5, 5.41) is 3.52. The van der Waals surface area contributed by atoms with Gasteiger partial charge in [0.2, 0.25) is 0 Å². The second-order valence-corrected chi connectivity index (χ2v) is 5.96. The van der Waals surface area contributed by atoms with E-state index in [0.29, 0.717) is 12.1 Å². The van der Waals surface area contributed by atoms with Gasteiger partial charge < -0.3 is 19.4 Å². The number of nitrogens with zero attached hydrogens (tertiary/aromatic N) is 3. The first kappa shape index (κ1) is 14.4. The molecule has 1 atom stereocenters. The molecule has 1 aliphatic heterocycles. The van der Waals surface area contributed by atoms with E-state index in [0.717, 1.165) is 37.8 Å². The quantitative estimate of drug-likeness (QED) is 0.935. The van der Waals surface area contributed by atoms with E-state index >= 15 is 0 Å². The molecule has 0 aromatic carbocycles. The lowest BCUT2D eigenvalue weighted by Gasteiger charge is -2.34. The van der Waals surface area contributed by atoms with Gasteiger partial charge >= 0.3 is 0 Å². The summed E-state index contributed by atoms with van der Waals surface area (Å²) in [6.07, 6.45) is 2.09. The highest BCUT2D eigenvalue weighted by Crippen LogP contribution is 2.25. The van der Waals surface area contributed by atoms with Gasteiger partial charge in [-0.3, -0.25) is 0 Å². The lowest BCUT2D eigenvalue weighted by molar-refractivity contribution is 0.0985. The second-order valence-electron chi connectivity index (χ2n) is 5.96. The maximum atomic E-state index is 5.55. The van der Waals surface area contributed by atoms with Gasteiger partial charge in [0.05, 0.1) is 24.9 Å². The molecule has 1 N–H and O–H groups in total. The molecule has 21 heavy (non-hydrogen) atoms. The monoisotopic (exact) mass is 288 g/mol. The predicted octanol–water partition coefficient (Wildman–Crippen LogP) is 2.06. The van der Waals surface area contributed by atoms with Crippen molar-refractivity contribution in [3.8, 4) is 0 Å². The first-order chi connectivity index (χ1) is 10.2. The summed E-state index contributed by atoms with van der Waals surface area (Å²) in [4.78, 5) is 7.23. The van der Waals surface area contributed by atoms with Crippen LogP contribution in [0.25, 0.3) is 5.65 Å². The van der Waals surface area contributed by atoms with Crippen molar-refractivity contribution in [1.29, 1.82) is 0 Å². The van der Waals surface area contributed by atoms with Crippen molar-refractivity contribution in [1.82, 2.24) is 14.7 Å². The van der Waals surface area contributed by atoms with Crippen LogP contribution in [0.4, 0.5) is 5.82 Å². The molecule has 0 aliphatic carbocycles. The zero-order valence-corrected chi connectivity index (χ0v) is 13.0. The molecule has 1 aliphatic rings. The number of fused-ring (bicyclic) bond motifs is 1. The molecular formula is C16H24N4O. The van der Waals surface area contributed by atoms with Gasteiger partial charge in [0.15, 0.2) is 5.82 Å². The van der Waals surface area contributed by atoms with Gasteiger partial charge in [-0.25, -0.2) is 4.98 Å². The molecule has 114 valence electrons. The SMILES string of the molecule is CC(C)NCc1c(N2CCOCC2C)nc2ccccn12. The Morgan fingerprint density at radius 1 is 1.43 bits per heavy atom. The molecule has 1 fully saturated rings. The molecule has 0 radical (unpaired) electrons. The third kappa shape index (κ3) is 2.89. The number of pyridine rings is 1. The van der Waals surface area contributed by atoms with Crippen LogP contribution < -0.4 is 10.2 Å². The number of hydrogen-bond donors (Lipinski definition) is 1. The molecule has 0 saturated carbocycles. The number of anilines is 1. The number of hydrogen-bond acceptors (Lipinski definition) is 4. The largest absolute Gasteiger partial charge is 0.377 e. The Kier molecular flexibility index (Phi) is 4.12. The summed E-state index contributed by atoms with van der Waals surface area (Å²) in [5.74, 6) is 1.09. The molecule has 1 saturated heterocycles. The fourth-order valence-corrected chi connectivity index (χ4v) is 2.77. The third-order valence-corrected chi connectivity index (χ3v) is 3.93. The number of morpholine rings is 1. The van der Waals surface area contributed by atoms with Crippen LogP contribution in [0.15, 0.2) is 24.4 Å². The van der Waals surface area contributed by atoms with Crippen LogP contribution in [0.1, 0.15) is 26.5 Å². The van der Waals surface area contributed by atoms with Gasteiger partial charge in [-0.05, 0) is 19.1 Å². The van der Waals surface area contributed by atoms with Crippen LogP contribution >= 0.6 is 0 Å². The highest BCUT2D eigenvalue weighted by molar-refractivity contribution is 5.56. The van der Waals surface area contributed by atoms with Gasteiger partial charge in [-0.1, -0.05) is 19.9 Å². The summed E-state index contributed by atoms with van der Waals surface area (Å²) in [7, 11) is 0. The fourth-order valence-electron chi connectivity index (χ4n) is 2.77. The number of ether oxygens (including phenoxy) is 1. The minimum Gasteiger partial charge on any atom is -0.377 e. The molecule has 2 aromatic heterocycles. The van der Waals surface area contributed by atoms with Crippen LogP contribution in [0.3, 0.4) is 0 Å². The average Bonchev–Trinajstić information content (AvgIpc) is 2.84. The molecule has 3 rings (SSSR count). The molecule has 0 amide bonds. The number of aromatic nitrogens is 2. The smallest absolute Gasteiger partial charge is 0.152 e. The maximum Gasteiger partial charge on any atom is 0.152 e. The van der Waals surface area contributed by atoms with E-state index in [1.807, 2.05) is 6.07 Å². The average molecular weight is 288 g/mol. The Morgan fingerprint density at radius 3 is 3.05 bits per heavy atom. The molecule has 1 unspecified atom stereocenters. The van der Waals surface area contributed by atoms with E-state index < -0.39 is 0 Å². The van der Waals surface area contributed by atoms with Crippen LogP contribution in [0.5, 0.6) is 0 Å². The summed E-state index contributed by atoms with van der Waals surface area (Å²) < 4.78 is 7.74. The van der Waals surface area contributed by atoms with E-state index in [1.54, 1.807) is 0 Å². The van der Waals surface area contributed by atoms with E-state index in [-0.39, 0.29) is 0 Å². The lowest BCUT2D eigenvalue weighted by Crippen LogP contribution is -2.44.